The topological polar surface area (TPSA) is 57.0 Å². The van der Waals surface area contributed by atoms with Crippen LogP contribution in [0.25, 0.3) is 17.0 Å². The number of carbonyl (C=O) groups excluding carboxylic acids is 1. The number of benzene rings is 2. The number of ketones is 1. The first-order valence-electron chi connectivity index (χ1n) is 12.5. The average Bonchev–Trinajstić information content (AvgIpc) is 2.88. The molecule has 1 aromatic heterocycles. The highest BCUT2D eigenvalue weighted by Gasteiger charge is 2.20. The fourth-order valence-corrected chi connectivity index (χ4v) is 4.73. The number of hydrogen-bond donors (Lipinski definition) is 0. The molecule has 1 aliphatic rings. The van der Waals surface area contributed by atoms with Crippen LogP contribution in [0.4, 0.5) is 11.4 Å². The number of nitrogens with zero attached hydrogens (tertiary/aromatic N) is 3. The molecular weight excluding hydrogens is 438 g/mol. The van der Waals surface area contributed by atoms with Crippen LogP contribution in [-0.4, -0.2) is 57.0 Å². The largest absolute Gasteiger partial charge is 0.422 e. The third-order valence-electron chi connectivity index (χ3n) is 7.08. The zero-order chi connectivity index (χ0) is 24.9. The lowest BCUT2D eigenvalue weighted by atomic mass is 10.0. The monoisotopic (exact) mass is 473 g/mol. The van der Waals surface area contributed by atoms with Crippen LogP contribution in [0.5, 0.6) is 0 Å². The highest BCUT2D eigenvalue weighted by molar-refractivity contribution is 6.07. The van der Waals surface area contributed by atoms with Crippen LogP contribution in [-0.2, 0) is 0 Å². The Morgan fingerprint density at radius 2 is 1.69 bits per heavy atom. The molecule has 184 valence electrons. The quantitative estimate of drug-likeness (QED) is 0.259. The van der Waals surface area contributed by atoms with E-state index in [9.17, 15) is 9.59 Å². The molecule has 0 spiro atoms. The molecule has 6 heteroatoms. The van der Waals surface area contributed by atoms with Gasteiger partial charge >= 0.3 is 5.63 Å². The van der Waals surface area contributed by atoms with Gasteiger partial charge in [0.15, 0.2) is 5.78 Å². The Morgan fingerprint density at radius 3 is 2.34 bits per heavy atom. The molecule has 2 heterocycles. The number of anilines is 2. The Hall–Kier alpha value is -3.38. The van der Waals surface area contributed by atoms with E-state index in [0.717, 1.165) is 55.7 Å². The summed E-state index contributed by atoms with van der Waals surface area (Å²) in [4.78, 5) is 32.2. The molecule has 3 aromatic rings. The van der Waals surface area contributed by atoms with Crippen molar-refractivity contribution in [3.05, 3.63) is 76.2 Å². The lowest BCUT2D eigenvalue weighted by molar-refractivity contribution is 0.104. The molecule has 0 radical (unpaired) electrons. The summed E-state index contributed by atoms with van der Waals surface area (Å²) >= 11 is 0. The lowest BCUT2D eigenvalue weighted by Gasteiger charge is -2.36. The maximum Gasteiger partial charge on any atom is 0.347 e. The molecule has 1 saturated heterocycles. The van der Waals surface area contributed by atoms with Crippen molar-refractivity contribution in [3.8, 4) is 0 Å². The molecule has 0 atom stereocenters. The molecule has 0 unspecified atom stereocenters. The van der Waals surface area contributed by atoms with Crippen molar-refractivity contribution in [2.45, 2.75) is 32.7 Å². The van der Waals surface area contributed by atoms with Gasteiger partial charge in [0.05, 0.1) is 0 Å². The van der Waals surface area contributed by atoms with E-state index in [1.807, 2.05) is 30.3 Å². The first kappa shape index (κ1) is 24.7. The number of allylic oxidation sites excluding steroid dienone is 1. The Bertz CT molecular complexity index is 1250. The Kier molecular flexibility index (Phi) is 7.71. The number of likely N-dealkylation sites (tertiary alicyclic amines) is 1. The molecule has 35 heavy (non-hydrogen) atoms. The maximum atomic E-state index is 12.8. The summed E-state index contributed by atoms with van der Waals surface area (Å²) < 4.78 is 5.51. The predicted molar refractivity (Wildman–Crippen MR) is 145 cm³/mol. The molecule has 0 amide bonds. The van der Waals surface area contributed by atoms with E-state index >= 15 is 0 Å². The van der Waals surface area contributed by atoms with E-state index in [2.05, 4.69) is 54.8 Å². The first-order chi connectivity index (χ1) is 16.9. The summed E-state index contributed by atoms with van der Waals surface area (Å²) in [7, 11) is 4.32. The average molecular weight is 474 g/mol. The van der Waals surface area contributed by atoms with E-state index in [1.54, 1.807) is 12.1 Å². The molecular formula is C29H35N3O3. The van der Waals surface area contributed by atoms with E-state index in [0.29, 0.717) is 11.6 Å². The summed E-state index contributed by atoms with van der Waals surface area (Å²) in [6, 6.07) is 16.1. The van der Waals surface area contributed by atoms with Gasteiger partial charge in [0.1, 0.15) is 11.1 Å². The minimum Gasteiger partial charge on any atom is -0.422 e. The number of carbonyl (C=O) groups is 1. The zero-order valence-corrected chi connectivity index (χ0v) is 21.2. The molecule has 0 N–H and O–H groups in total. The van der Waals surface area contributed by atoms with Gasteiger partial charge < -0.3 is 19.1 Å². The lowest BCUT2D eigenvalue weighted by Crippen LogP contribution is -2.41. The highest BCUT2D eigenvalue weighted by Crippen LogP contribution is 2.24. The van der Waals surface area contributed by atoms with E-state index in [4.69, 9.17) is 4.42 Å². The number of piperidine rings is 1. The second-order valence-corrected chi connectivity index (χ2v) is 9.28. The van der Waals surface area contributed by atoms with Crippen molar-refractivity contribution in [2.75, 3.05) is 50.1 Å². The second-order valence-electron chi connectivity index (χ2n) is 9.28. The number of fused-ring (bicyclic) bond motifs is 1. The van der Waals surface area contributed by atoms with Gasteiger partial charge in [-0.15, -0.1) is 0 Å². The van der Waals surface area contributed by atoms with Crippen LogP contribution < -0.4 is 15.4 Å². The van der Waals surface area contributed by atoms with Crippen molar-refractivity contribution in [1.29, 1.82) is 0 Å². The van der Waals surface area contributed by atoms with Crippen LogP contribution in [0, 0.1) is 0 Å². The van der Waals surface area contributed by atoms with Crippen molar-refractivity contribution >= 4 is 34.2 Å². The molecule has 2 aromatic carbocycles. The van der Waals surface area contributed by atoms with Gasteiger partial charge in [-0.2, -0.15) is 0 Å². The summed E-state index contributed by atoms with van der Waals surface area (Å²) in [5.41, 5.74) is 3.00. The van der Waals surface area contributed by atoms with Crippen molar-refractivity contribution < 1.29 is 9.21 Å². The van der Waals surface area contributed by atoms with Gasteiger partial charge in [0, 0.05) is 49.0 Å². The third-order valence-corrected chi connectivity index (χ3v) is 7.08. The van der Waals surface area contributed by atoms with Gasteiger partial charge in [-0.3, -0.25) is 4.79 Å². The fraction of sp³-hybridized carbons (Fsp3) is 0.379. The molecule has 1 aliphatic heterocycles. The van der Waals surface area contributed by atoms with Gasteiger partial charge in [-0.1, -0.05) is 18.2 Å². The maximum absolute atomic E-state index is 12.8. The summed E-state index contributed by atoms with van der Waals surface area (Å²) in [5, 5.41) is 0.735. The summed E-state index contributed by atoms with van der Waals surface area (Å²) in [6.07, 6.45) is 5.51. The minimum absolute atomic E-state index is 0.0444. The number of hydrogen-bond acceptors (Lipinski definition) is 6. The van der Waals surface area contributed by atoms with Gasteiger partial charge in [0.25, 0.3) is 0 Å². The smallest absolute Gasteiger partial charge is 0.347 e. The van der Waals surface area contributed by atoms with Crippen molar-refractivity contribution in [2.24, 2.45) is 0 Å². The molecule has 0 saturated carbocycles. The predicted octanol–water partition coefficient (Wildman–Crippen LogP) is 5.07. The van der Waals surface area contributed by atoms with Gasteiger partial charge in [0.2, 0.25) is 0 Å². The van der Waals surface area contributed by atoms with Crippen molar-refractivity contribution in [1.82, 2.24) is 4.90 Å². The second kappa shape index (κ2) is 10.9. The summed E-state index contributed by atoms with van der Waals surface area (Å²) in [6.45, 7) is 8.14. The van der Waals surface area contributed by atoms with Crippen LogP contribution in [0.1, 0.15) is 42.6 Å². The number of rotatable bonds is 8. The van der Waals surface area contributed by atoms with Crippen LogP contribution in [0.3, 0.4) is 0 Å². The van der Waals surface area contributed by atoms with Crippen LogP contribution in [0.15, 0.2) is 63.8 Å². The van der Waals surface area contributed by atoms with E-state index < -0.39 is 5.63 Å². The zero-order valence-electron chi connectivity index (χ0n) is 21.2. The third kappa shape index (κ3) is 5.65. The minimum atomic E-state index is -0.612. The SMILES string of the molecule is CCN(CC)c1ccc2cc(C(=O)C=Cc3ccc(N(C)C4CCN(C)CC4)cc3)c(=O)oc2c1. The van der Waals surface area contributed by atoms with Crippen LogP contribution >= 0.6 is 0 Å². The molecule has 4 rings (SSSR count). The molecule has 0 aliphatic carbocycles. The Balaban J connectivity index is 1.47. The van der Waals surface area contributed by atoms with Crippen molar-refractivity contribution in [3.63, 3.8) is 0 Å². The normalized spacial score (nSPS) is 15.1. The Labute approximate surface area is 207 Å². The van der Waals surface area contributed by atoms with E-state index in [-0.39, 0.29) is 11.3 Å². The molecule has 6 nitrogen and oxygen atoms in total. The molecule has 0 bridgehead atoms. The Morgan fingerprint density at radius 1 is 1.03 bits per heavy atom. The van der Waals surface area contributed by atoms with Crippen LogP contribution in [0.2, 0.25) is 0 Å². The standard InChI is InChI=1S/C29H35N3O3/c1-5-32(6-2)25-13-10-22-19-26(29(34)35-28(22)20-25)27(33)14-9-21-7-11-23(12-8-21)31(4)24-15-17-30(3)18-16-24/h7-14,19-20,24H,5-6,15-18H2,1-4H3. The van der Waals surface area contributed by atoms with Gasteiger partial charge in [-0.05, 0) is 88.8 Å². The molecule has 1 fully saturated rings. The fourth-order valence-electron chi connectivity index (χ4n) is 4.73. The van der Waals surface area contributed by atoms with Gasteiger partial charge in [-0.25, -0.2) is 4.79 Å². The highest BCUT2D eigenvalue weighted by atomic mass is 16.4. The van der Waals surface area contributed by atoms with E-state index in [1.165, 1.54) is 11.8 Å². The summed E-state index contributed by atoms with van der Waals surface area (Å²) in [5.74, 6) is -0.360. The first-order valence-corrected chi connectivity index (χ1v) is 12.5.